The Balaban J connectivity index is 1.43. The van der Waals surface area contributed by atoms with E-state index in [-0.39, 0.29) is 0 Å². The largest absolute Gasteiger partial charge is 0.379 e. The Bertz CT molecular complexity index is 286. The van der Waals surface area contributed by atoms with Crippen LogP contribution in [0.15, 0.2) is 11.6 Å². The van der Waals surface area contributed by atoms with Gasteiger partial charge in [-0.25, -0.2) is 4.98 Å². The molecular weight excluding hydrogens is 234 g/mol. The Morgan fingerprint density at radius 3 is 3.00 bits per heavy atom. The van der Waals surface area contributed by atoms with E-state index in [1.54, 1.807) is 11.3 Å². The highest BCUT2D eigenvalue weighted by atomic mass is 32.1. The highest BCUT2D eigenvalue weighted by Crippen LogP contribution is 2.03. The van der Waals surface area contributed by atoms with Gasteiger partial charge in [0.1, 0.15) is 0 Å². The molecule has 1 N–H and O–H groups in total. The highest BCUT2D eigenvalue weighted by Gasteiger charge is 2.08. The molecule has 0 amide bonds. The monoisotopic (exact) mass is 255 g/mol. The van der Waals surface area contributed by atoms with Crippen molar-refractivity contribution >= 4 is 11.3 Å². The summed E-state index contributed by atoms with van der Waals surface area (Å²) in [6, 6.07) is 0. The van der Waals surface area contributed by atoms with Crippen LogP contribution in [0.3, 0.4) is 0 Å². The van der Waals surface area contributed by atoms with Crippen LogP contribution >= 0.6 is 11.3 Å². The molecule has 0 bridgehead atoms. The zero-order chi connectivity index (χ0) is 11.8. The van der Waals surface area contributed by atoms with Crippen molar-refractivity contribution in [3.05, 3.63) is 16.6 Å². The minimum Gasteiger partial charge on any atom is -0.379 e. The van der Waals surface area contributed by atoms with Gasteiger partial charge in [-0.2, -0.15) is 0 Å². The number of thiazole rings is 1. The van der Waals surface area contributed by atoms with E-state index in [0.717, 1.165) is 45.8 Å². The lowest BCUT2D eigenvalue weighted by atomic mass is 10.3. The van der Waals surface area contributed by atoms with Crippen molar-refractivity contribution in [2.75, 3.05) is 45.9 Å². The number of hydrogen-bond donors (Lipinski definition) is 1. The Morgan fingerprint density at radius 1 is 1.35 bits per heavy atom. The fourth-order valence-corrected chi connectivity index (χ4v) is 2.57. The van der Waals surface area contributed by atoms with Gasteiger partial charge in [0.25, 0.3) is 0 Å². The number of aromatic nitrogens is 1. The lowest BCUT2D eigenvalue weighted by molar-refractivity contribution is 0.0375. The van der Waals surface area contributed by atoms with Gasteiger partial charge in [-0.1, -0.05) is 0 Å². The van der Waals surface area contributed by atoms with Gasteiger partial charge < -0.3 is 10.1 Å². The fourth-order valence-electron chi connectivity index (χ4n) is 1.95. The van der Waals surface area contributed by atoms with Crippen molar-refractivity contribution in [2.45, 2.75) is 12.8 Å². The first kappa shape index (κ1) is 13.0. The van der Waals surface area contributed by atoms with E-state index in [1.165, 1.54) is 18.0 Å². The lowest BCUT2D eigenvalue weighted by Crippen LogP contribution is -2.37. The first-order valence-electron chi connectivity index (χ1n) is 6.34. The van der Waals surface area contributed by atoms with Crippen LogP contribution < -0.4 is 5.32 Å². The number of hydrogen-bond acceptors (Lipinski definition) is 5. The summed E-state index contributed by atoms with van der Waals surface area (Å²) in [5.74, 6) is 0. The van der Waals surface area contributed by atoms with E-state index in [4.69, 9.17) is 4.74 Å². The van der Waals surface area contributed by atoms with Crippen molar-refractivity contribution < 1.29 is 4.74 Å². The maximum atomic E-state index is 5.32. The zero-order valence-corrected chi connectivity index (χ0v) is 11.0. The third-order valence-electron chi connectivity index (χ3n) is 2.93. The van der Waals surface area contributed by atoms with Crippen LogP contribution in [0, 0.1) is 0 Å². The Kier molecular flexibility index (Phi) is 5.92. The third kappa shape index (κ3) is 5.12. The molecular formula is C12H21N3OS. The van der Waals surface area contributed by atoms with Crippen molar-refractivity contribution in [1.29, 1.82) is 0 Å². The maximum Gasteiger partial charge on any atom is 0.0937 e. The van der Waals surface area contributed by atoms with Gasteiger partial charge in [-0.05, 0) is 19.5 Å². The molecule has 0 saturated carbocycles. The van der Waals surface area contributed by atoms with Gasteiger partial charge in [0, 0.05) is 37.6 Å². The molecule has 1 aromatic heterocycles. The van der Waals surface area contributed by atoms with Crippen LogP contribution in [0.5, 0.6) is 0 Å². The first-order valence-corrected chi connectivity index (χ1v) is 7.22. The fraction of sp³-hybridized carbons (Fsp3) is 0.750. The van der Waals surface area contributed by atoms with Crippen LogP contribution in [-0.4, -0.2) is 55.8 Å². The van der Waals surface area contributed by atoms with Crippen molar-refractivity contribution in [3.63, 3.8) is 0 Å². The molecule has 0 spiro atoms. The quantitative estimate of drug-likeness (QED) is 0.738. The Morgan fingerprint density at radius 2 is 2.24 bits per heavy atom. The van der Waals surface area contributed by atoms with Crippen molar-refractivity contribution in [1.82, 2.24) is 15.2 Å². The molecule has 2 heterocycles. The predicted octanol–water partition coefficient (Wildman–Crippen LogP) is 0.997. The molecule has 0 radical (unpaired) electrons. The van der Waals surface area contributed by atoms with Gasteiger partial charge in [0.2, 0.25) is 0 Å². The van der Waals surface area contributed by atoms with Crippen molar-refractivity contribution in [3.8, 4) is 0 Å². The summed E-state index contributed by atoms with van der Waals surface area (Å²) in [6.07, 6.45) is 4.14. The molecule has 96 valence electrons. The Labute approximate surface area is 107 Å². The molecule has 4 nitrogen and oxygen atoms in total. The van der Waals surface area contributed by atoms with E-state index in [1.807, 2.05) is 11.6 Å². The predicted molar refractivity (Wildman–Crippen MR) is 70.6 cm³/mol. The van der Waals surface area contributed by atoms with Gasteiger partial charge in [0.05, 0.1) is 18.2 Å². The number of ether oxygens (including phenoxy) is 1. The van der Waals surface area contributed by atoms with Crippen LogP contribution in [0.2, 0.25) is 0 Å². The van der Waals surface area contributed by atoms with Gasteiger partial charge in [-0.3, -0.25) is 4.90 Å². The topological polar surface area (TPSA) is 37.4 Å². The molecule has 1 fully saturated rings. The molecule has 0 aliphatic carbocycles. The molecule has 0 aromatic carbocycles. The molecule has 0 unspecified atom stereocenters. The summed E-state index contributed by atoms with van der Waals surface area (Å²) in [5, 5.41) is 6.73. The summed E-state index contributed by atoms with van der Waals surface area (Å²) < 4.78 is 5.32. The van der Waals surface area contributed by atoms with E-state index in [0.29, 0.717) is 0 Å². The average Bonchev–Trinajstić information content (AvgIpc) is 2.88. The molecule has 5 heteroatoms. The van der Waals surface area contributed by atoms with Crippen LogP contribution in [0.25, 0.3) is 0 Å². The van der Waals surface area contributed by atoms with Gasteiger partial charge in [-0.15, -0.1) is 11.3 Å². The smallest absolute Gasteiger partial charge is 0.0937 e. The van der Waals surface area contributed by atoms with Crippen LogP contribution in [-0.2, 0) is 11.2 Å². The zero-order valence-electron chi connectivity index (χ0n) is 10.2. The summed E-state index contributed by atoms with van der Waals surface area (Å²) >= 11 is 1.74. The molecule has 0 atom stereocenters. The first-order chi connectivity index (χ1) is 8.45. The van der Waals surface area contributed by atoms with E-state index in [9.17, 15) is 0 Å². The summed E-state index contributed by atoms with van der Waals surface area (Å²) in [5.41, 5.74) is 0. The molecule has 1 aliphatic heterocycles. The normalized spacial score (nSPS) is 17.4. The SMILES string of the molecule is c1csc(CCNCCCN2CCOCC2)n1. The summed E-state index contributed by atoms with van der Waals surface area (Å²) in [6.45, 7) is 7.32. The number of nitrogens with one attached hydrogen (secondary N) is 1. The number of rotatable bonds is 7. The standard InChI is InChI=1S/C12H21N3OS/c1(6-15-7-9-16-10-8-15)3-13-4-2-12-14-5-11-17-12/h5,11,13H,1-4,6-10H2. The maximum absolute atomic E-state index is 5.32. The average molecular weight is 255 g/mol. The third-order valence-corrected chi connectivity index (χ3v) is 3.77. The number of nitrogens with zero attached hydrogens (tertiary/aromatic N) is 2. The van der Waals surface area contributed by atoms with Gasteiger partial charge >= 0.3 is 0 Å². The van der Waals surface area contributed by atoms with Crippen LogP contribution in [0.1, 0.15) is 11.4 Å². The molecule has 17 heavy (non-hydrogen) atoms. The van der Waals surface area contributed by atoms with E-state index < -0.39 is 0 Å². The van der Waals surface area contributed by atoms with E-state index in [2.05, 4.69) is 15.2 Å². The van der Waals surface area contributed by atoms with Crippen LogP contribution in [0.4, 0.5) is 0 Å². The van der Waals surface area contributed by atoms with Crippen molar-refractivity contribution in [2.24, 2.45) is 0 Å². The van der Waals surface area contributed by atoms with Gasteiger partial charge in [0.15, 0.2) is 0 Å². The highest BCUT2D eigenvalue weighted by molar-refractivity contribution is 7.09. The minimum absolute atomic E-state index is 0.900. The second-order valence-electron chi connectivity index (χ2n) is 4.23. The second kappa shape index (κ2) is 7.76. The second-order valence-corrected chi connectivity index (χ2v) is 5.21. The molecule has 1 aromatic rings. The lowest BCUT2D eigenvalue weighted by Gasteiger charge is -2.26. The number of morpholine rings is 1. The molecule has 1 saturated heterocycles. The summed E-state index contributed by atoms with van der Waals surface area (Å²) in [7, 11) is 0. The molecule has 2 rings (SSSR count). The minimum atomic E-state index is 0.900. The Hall–Kier alpha value is -0.490. The van der Waals surface area contributed by atoms with E-state index >= 15 is 0 Å². The summed E-state index contributed by atoms with van der Waals surface area (Å²) in [4.78, 5) is 6.74. The molecule has 1 aliphatic rings.